The van der Waals surface area contributed by atoms with Gasteiger partial charge in [0.15, 0.2) is 5.65 Å². The Balaban J connectivity index is 2.11. The largest absolute Gasteiger partial charge is 0.497 e. The van der Waals surface area contributed by atoms with Crippen LogP contribution in [0.4, 0.5) is 5.82 Å². The van der Waals surface area contributed by atoms with E-state index >= 15 is 0 Å². The summed E-state index contributed by atoms with van der Waals surface area (Å²) in [5, 5.41) is 13.3. The SMILES string of the molecule is COc1ccc(-n2c(C)c(C)c3c(NCCCO)ncnc32)cc1. The van der Waals surface area contributed by atoms with Crippen LogP contribution in [0.2, 0.25) is 0 Å². The van der Waals surface area contributed by atoms with Crippen LogP contribution in [0.5, 0.6) is 5.75 Å². The van der Waals surface area contributed by atoms with Crippen molar-refractivity contribution in [2.24, 2.45) is 0 Å². The van der Waals surface area contributed by atoms with Crippen molar-refractivity contribution >= 4 is 16.9 Å². The molecule has 0 aliphatic heterocycles. The highest BCUT2D eigenvalue weighted by molar-refractivity contribution is 5.93. The molecular formula is C18H22N4O2. The van der Waals surface area contributed by atoms with E-state index in [1.807, 2.05) is 24.3 Å². The predicted molar refractivity (Wildman–Crippen MR) is 95.1 cm³/mol. The fourth-order valence-corrected chi connectivity index (χ4v) is 2.87. The molecule has 0 bridgehead atoms. The summed E-state index contributed by atoms with van der Waals surface area (Å²) in [6, 6.07) is 7.92. The fraction of sp³-hybridized carbons (Fsp3) is 0.333. The Labute approximate surface area is 141 Å². The van der Waals surface area contributed by atoms with E-state index in [0.717, 1.165) is 39.5 Å². The predicted octanol–water partition coefficient (Wildman–Crippen LogP) is 2.84. The Morgan fingerprint density at radius 1 is 1.17 bits per heavy atom. The maximum Gasteiger partial charge on any atom is 0.150 e. The number of aliphatic hydroxyl groups excluding tert-OH is 1. The maximum absolute atomic E-state index is 8.96. The molecule has 24 heavy (non-hydrogen) atoms. The summed E-state index contributed by atoms with van der Waals surface area (Å²) in [6.07, 6.45) is 2.26. The van der Waals surface area contributed by atoms with E-state index in [1.165, 1.54) is 0 Å². The molecule has 0 atom stereocenters. The summed E-state index contributed by atoms with van der Waals surface area (Å²) in [4.78, 5) is 8.88. The second-order valence-corrected chi connectivity index (χ2v) is 5.67. The number of fused-ring (bicyclic) bond motifs is 1. The molecule has 6 nitrogen and oxygen atoms in total. The van der Waals surface area contributed by atoms with Gasteiger partial charge in [-0.05, 0) is 50.1 Å². The van der Waals surface area contributed by atoms with Crippen LogP contribution in [0.25, 0.3) is 16.7 Å². The van der Waals surface area contributed by atoms with Gasteiger partial charge in [0.05, 0.1) is 12.5 Å². The lowest BCUT2D eigenvalue weighted by Gasteiger charge is -2.09. The summed E-state index contributed by atoms with van der Waals surface area (Å²) >= 11 is 0. The average Bonchev–Trinajstić information content (AvgIpc) is 2.87. The highest BCUT2D eigenvalue weighted by atomic mass is 16.5. The van der Waals surface area contributed by atoms with E-state index in [2.05, 4.69) is 33.7 Å². The first kappa shape index (κ1) is 16.3. The zero-order chi connectivity index (χ0) is 17.1. The van der Waals surface area contributed by atoms with Gasteiger partial charge in [0.25, 0.3) is 0 Å². The number of rotatable bonds is 6. The number of benzene rings is 1. The van der Waals surface area contributed by atoms with Crippen LogP contribution >= 0.6 is 0 Å². The Morgan fingerprint density at radius 2 is 1.92 bits per heavy atom. The van der Waals surface area contributed by atoms with Gasteiger partial charge in [0, 0.05) is 24.5 Å². The van der Waals surface area contributed by atoms with Crippen molar-refractivity contribution in [2.45, 2.75) is 20.3 Å². The van der Waals surface area contributed by atoms with E-state index in [1.54, 1.807) is 13.4 Å². The first-order chi connectivity index (χ1) is 11.7. The number of anilines is 1. The summed E-state index contributed by atoms with van der Waals surface area (Å²) in [5.41, 5.74) is 4.18. The number of aryl methyl sites for hydroxylation is 1. The number of ether oxygens (including phenoxy) is 1. The Hall–Kier alpha value is -2.60. The molecular weight excluding hydrogens is 304 g/mol. The minimum absolute atomic E-state index is 0.159. The van der Waals surface area contributed by atoms with Gasteiger partial charge in [0.2, 0.25) is 0 Å². The lowest BCUT2D eigenvalue weighted by molar-refractivity contribution is 0.292. The van der Waals surface area contributed by atoms with Gasteiger partial charge in [-0.1, -0.05) is 0 Å². The van der Waals surface area contributed by atoms with Gasteiger partial charge in [0.1, 0.15) is 17.9 Å². The van der Waals surface area contributed by atoms with Crippen molar-refractivity contribution in [3.63, 3.8) is 0 Å². The average molecular weight is 326 g/mol. The molecule has 0 spiro atoms. The third kappa shape index (κ3) is 2.80. The topological polar surface area (TPSA) is 72.2 Å². The van der Waals surface area contributed by atoms with Gasteiger partial charge in [-0.2, -0.15) is 0 Å². The molecule has 3 aromatic rings. The molecule has 126 valence electrons. The molecule has 0 aliphatic carbocycles. The zero-order valence-corrected chi connectivity index (χ0v) is 14.2. The third-order valence-electron chi connectivity index (χ3n) is 4.25. The number of nitrogens with zero attached hydrogens (tertiary/aromatic N) is 3. The van der Waals surface area contributed by atoms with Crippen LogP contribution in [0.3, 0.4) is 0 Å². The highest BCUT2D eigenvalue weighted by Gasteiger charge is 2.17. The third-order valence-corrected chi connectivity index (χ3v) is 4.25. The second kappa shape index (κ2) is 6.88. The van der Waals surface area contributed by atoms with E-state index in [0.29, 0.717) is 13.0 Å². The minimum atomic E-state index is 0.159. The Bertz CT molecular complexity index is 840. The fourth-order valence-electron chi connectivity index (χ4n) is 2.87. The number of aliphatic hydroxyl groups is 1. The van der Waals surface area contributed by atoms with Crippen molar-refractivity contribution in [3.05, 3.63) is 41.9 Å². The van der Waals surface area contributed by atoms with Crippen LogP contribution in [-0.2, 0) is 0 Å². The van der Waals surface area contributed by atoms with Gasteiger partial charge >= 0.3 is 0 Å². The van der Waals surface area contributed by atoms with E-state index < -0.39 is 0 Å². The summed E-state index contributed by atoms with van der Waals surface area (Å²) in [6.45, 7) is 5.00. The van der Waals surface area contributed by atoms with Gasteiger partial charge in [-0.15, -0.1) is 0 Å². The van der Waals surface area contributed by atoms with Gasteiger partial charge in [-0.25, -0.2) is 9.97 Å². The van der Waals surface area contributed by atoms with Crippen molar-refractivity contribution in [1.29, 1.82) is 0 Å². The van der Waals surface area contributed by atoms with E-state index in [4.69, 9.17) is 9.84 Å². The van der Waals surface area contributed by atoms with Crippen LogP contribution < -0.4 is 10.1 Å². The molecule has 0 saturated heterocycles. The molecule has 0 radical (unpaired) electrons. The molecule has 0 aliphatic rings. The number of nitrogens with one attached hydrogen (secondary N) is 1. The minimum Gasteiger partial charge on any atom is -0.497 e. The van der Waals surface area contributed by atoms with E-state index in [9.17, 15) is 0 Å². The normalized spacial score (nSPS) is 11.0. The maximum atomic E-state index is 8.96. The molecule has 0 unspecified atom stereocenters. The first-order valence-electron chi connectivity index (χ1n) is 7.99. The quantitative estimate of drug-likeness (QED) is 0.682. The molecule has 2 heterocycles. The van der Waals surface area contributed by atoms with Crippen LogP contribution in [0, 0.1) is 13.8 Å². The molecule has 2 aromatic heterocycles. The van der Waals surface area contributed by atoms with Crippen LogP contribution in [0.1, 0.15) is 17.7 Å². The van der Waals surface area contributed by atoms with Crippen molar-refractivity contribution in [1.82, 2.24) is 14.5 Å². The monoisotopic (exact) mass is 326 g/mol. The molecule has 2 N–H and O–H groups in total. The number of methoxy groups -OCH3 is 1. The molecule has 0 saturated carbocycles. The van der Waals surface area contributed by atoms with Crippen molar-refractivity contribution in [2.75, 3.05) is 25.6 Å². The molecule has 3 rings (SSSR count). The lowest BCUT2D eigenvalue weighted by atomic mass is 10.2. The van der Waals surface area contributed by atoms with Crippen LogP contribution in [-0.4, -0.2) is 39.9 Å². The number of hydrogen-bond donors (Lipinski definition) is 2. The second-order valence-electron chi connectivity index (χ2n) is 5.67. The molecule has 6 heteroatoms. The summed E-state index contributed by atoms with van der Waals surface area (Å²) < 4.78 is 7.36. The number of aromatic nitrogens is 3. The first-order valence-corrected chi connectivity index (χ1v) is 7.99. The molecule has 1 aromatic carbocycles. The highest BCUT2D eigenvalue weighted by Crippen LogP contribution is 2.31. The molecule has 0 amide bonds. The smallest absolute Gasteiger partial charge is 0.150 e. The standard InChI is InChI=1S/C18H22N4O2/c1-12-13(2)22(14-5-7-15(24-3)8-6-14)18-16(12)17(20-11-21-18)19-9-4-10-23/h5-8,11,23H,4,9-10H2,1-3H3,(H,19,20,21). The lowest BCUT2D eigenvalue weighted by Crippen LogP contribution is -2.06. The Morgan fingerprint density at radius 3 is 2.58 bits per heavy atom. The molecule has 0 fully saturated rings. The van der Waals surface area contributed by atoms with Crippen LogP contribution in [0.15, 0.2) is 30.6 Å². The van der Waals surface area contributed by atoms with Crippen molar-refractivity contribution < 1.29 is 9.84 Å². The Kier molecular flexibility index (Phi) is 4.66. The van der Waals surface area contributed by atoms with Gasteiger partial charge in [-0.3, -0.25) is 4.57 Å². The summed E-state index contributed by atoms with van der Waals surface area (Å²) in [5.74, 6) is 1.63. The zero-order valence-electron chi connectivity index (χ0n) is 14.2. The number of hydrogen-bond acceptors (Lipinski definition) is 5. The summed E-state index contributed by atoms with van der Waals surface area (Å²) in [7, 11) is 1.66. The van der Waals surface area contributed by atoms with Crippen molar-refractivity contribution in [3.8, 4) is 11.4 Å². The van der Waals surface area contributed by atoms with E-state index in [-0.39, 0.29) is 6.61 Å². The van der Waals surface area contributed by atoms with Gasteiger partial charge < -0.3 is 15.2 Å².